The van der Waals surface area contributed by atoms with Crippen molar-refractivity contribution < 1.29 is 19.1 Å². The van der Waals surface area contributed by atoms with E-state index in [2.05, 4.69) is 29.4 Å². The van der Waals surface area contributed by atoms with Crippen LogP contribution in [-0.2, 0) is 6.42 Å². The van der Waals surface area contributed by atoms with Crippen molar-refractivity contribution in [1.29, 1.82) is 0 Å². The van der Waals surface area contributed by atoms with E-state index >= 15 is 0 Å². The summed E-state index contributed by atoms with van der Waals surface area (Å²) in [6.45, 7) is 3.18. The Labute approximate surface area is 199 Å². The number of para-hydroxylation sites is 1. The topological polar surface area (TPSA) is 80.8 Å². The molecule has 34 heavy (non-hydrogen) atoms. The van der Waals surface area contributed by atoms with Crippen LogP contribution in [0.4, 0.5) is 0 Å². The molecule has 2 aromatic carbocycles. The van der Waals surface area contributed by atoms with E-state index < -0.39 is 0 Å². The number of hydrogen-bond acceptors (Lipinski definition) is 5. The van der Waals surface area contributed by atoms with Gasteiger partial charge in [-0.15, -0.1) is 0 Å². The highest BCUT2D eigenvalue weighted by atomic mass is 16.7. The number of carbonyl (C=O) groups is 2. The van der Waals surface area contributed by atoms with Gasteiger partial charge in [0, 0.05) is 25.3 Å². The molecule has 0 aliphatic carbocycles. The van der Waals surface area contributed by atoms with Crippen molar-refractivity contribution in [3.8, 4) is 11.5 Å². The summed E-state index contributed by atoms with van der Waals surface area (Å²) in [7, 11) is 0. The van der Waals surface area contributed by atoms with Gasteiger partial charge in [0.05, 0.1) is 5.56 Å². The fourth-order valence-corrected chi connectivity index (χ4v) is 4.14. The molecule has 0 saturated carbocycles. The smallest absolute Gasteiger partial charge is 0.269 e. The van der Waals surface area contributed by atoms with E-state index in [1.54, 1.807) is 36.5 Å². The van der Waals surface area contributed by atoms with Crippen LogP contribution in [0, 0.1) is 0 Å². The highest BCUT2D eigenvalue weighted by molar-refractivity contribution is 5.98. The molecule has 0 saturated heterocycles. The van der Waals surface area contributed by atoms with Crippen molar-refractivity contribution >= 4 is 11.8 Å². The highest BCUT2D eigenvalue weighted by Gasteiger charge is 2.29. The number of ether oxygens (including phenoxy) is 2. The van der Waals surface area contributed by atoms with Gasteiger partial charge in [-0.3, -0.25) is 14.6 Å². The summed E-state index contributed by atoms with van der Waals surface area (Å²) >= 11 is 0. The molecule has 3 aromatic rings. The summed E-state index contributed by atoms with van der Waals surface area (Å²) in [4.78, 5) is 32.2. The second kappa shape index (κ2) is 11.3. The second-order valence-corrected chi connectivity index (χ2v) is 8.14. The summed E-state index contributed by atoms with van der Waals surface area (Å²) < 4.78 is 11.1. The molecule has 1 atom stereocenters. The molecule has 7 nitrogen and oxygen atoms in total. The molecule has 176 valence electrons. The number of carbonyl (C=O) groups excluding carboxylic acids is 2. The van der Waals surface area contributed by atoms with Gasteiger partial charge >= 0.3 is 0 Å². The Morgan fingerprint density at radius 1 is 1.03 bits per heavy atom. The van der Waals surface area contributed by atoms with Crippen molar-refractivity contribution in [2.45, 2.75) is 32.2 Å². The molecule has 0 radical (unpaired) electrons. The fraction of sp³-hybridized carbons (Fsp3) is 0.296. The van der Waals surface area contributed by atoms with E-state index in [4.69, 9.17) is 9.47 Å². The molecule has 0 fully saturated rings. The second-order valence-electron chi connectivity index (χ2n) is 8.14. The van der Waals surface area contributed by atoms with Gasteiger partial charge in [-0.25, -0.2) is 0 Å². The first-order valence-electron chi connectivity index (χ1n) is 11.6. The van der Waals surface area contributed by atoms with Crippen molar-refractivity contribution in [1.82, 2.24) is 15.2 Å². The third-order valence-corrected chi connectivity index (χ3v) is 5.77. The van der Waals surface area contributed by atoms with E-state index in [-0.39, 0.29) is 24.6 Å². The Morgan fingerprint density at radius 3 is 2.62 bits per heavy atom. The quantitative estimate of drug-likeness (QED) is 0.494. The van der Waals surface area contributed by atoms with Crippen molar-refractivity contribution in [2.24, 2.45) is 0 Å². The maximum absolute atomic E-state index is 13.7. The van der Waals surface area contributed by atoms with Crippen LogP contribution in [0.3, 0.4) is 0 Å². The first-order valence-corrected chi connectivity index (χ1v) is 11.6. The van der Waals surface area contributed by atoms with Crippen LogP contribution in [-0.4, -0.2) is 47.6 Å². The molecule has 1 aliphatic heterocycles. The lowest BCUT2D eigenvalue weighted by Crippen LogP contribution is -2.44. The number of nitrogens with zero attached hydrogens (tertiary/aromatic N) is 2. The molecular weight excluding hydrogens is 430 g/mol. The van der Waals surface area contributed by atoms with Crippen LogP contribution in [0.2, 0.25) is 0 Å². The molecule has 2 heterocycles. The van der Waals surface area contributed by atoms with Crippen molar-refractivity contribution in [3.63, 3.8) is 0 Å². The number of pyridine rings is 1. The first kappa shape index (κ1) is 23.3. The van der Waals surface area contributed by atoms with E-state index in [0.29, 0.717) is 48.7 Å². The molecule has 1 aromatic heterocycles. The van der Waals surface area contributed by atoms with Gasteiger partial charge < -0.3 is 19.7 Å². The number of amides is 2. The third kappa shape index (κ3) is 5.54. The minimum atomic E-state index is -0.223. The number of rotatable bonds is 10. The molecule has 1 N–H and O–H groups in total. The zero-order chi connectivity index (χ0) is 23.8. The van der Waals surface area contributed by atoms with E-state index in [0.717, 1.165) is 12.0 Å². The van der Waals surface area contributed by atoms with E-state index in [1.807, 2.05) is 29.2 Å². The van der Waals surface area contributed by atoms with Crippen LogP contribution in [0.15, 0.2) is 72.9 Å². The lowest BCUT2D eigenvalue weighted by Gasteiger charge is -2.32. The molecule has 0 spiro atoms. The largest absolute Gasteiger partial charge is 0.454 e. The Hall–Kier alpha value is -3.87. The Kier molecular flexibility index (Phi) is 7.75. The predicted octanol–water partition coefficient (Wildman–Crippen LogP) is 4.09. The fourth-order valence-electron chi connectivity index (χ4n) is 4.14. The van der Waals surface area contributed by atoms with Gasteiger partial charge in [0.2, 0.25) is 6.79 Å². The Balaban J connectivity index is 1.54. The summed E-state index contributed by atoms with van der Waals surface area (Å²) in [5.74, 6) is 0.764. The van der Waals surface area contributed by atoms with Crippen molar-refractivity contribution in [2.75, 3.05) is 19.9 Å². The van der Waals surface area contributed by atoms with Crippen LogP contribution in [0.1, 0.15) is 46.2 Å². The third-order valence-electron chi connectivity index (χ3n) is 5.77. The van der Waals surface area contributed by atoms with Crippen LogP contribution < -0.4 is 14.8 Å². The van der Waals surface area contributed by atoms with Crippen LogP contribution >= 0.6 is 0 Å². The molecule has 1 unspecified atom stereocenters. The molecule has 7 heteroatoms. The predicted molar refractivity (Wildman–Crippen MR) is 129 cm³/mol. The molecule has 2 amide bonds. The summed E-state index contributed by atoms with van der Waals surface area (Å²) in [6.07, 6.45) is 3.69. The van der Waals surface area contributed by atoms with Gasteiger partial charge in [0.1, 0.15) is 5.69 Å². The first-order chi connectivity index (χ1) is 16.7. The maximum atomic E-state index is 13.7. The van der Waals surface area contributed by atoms with Gasteiger partial charge in [0.15, 0.2) is 11.5 Å². The zero-order valence-corrected chi connectivity index (χ0v) is 19.3. The molecule has 4 rings (SSSR count). The number of hydrogen-bond donors (Lipinski definition) is 1. The minimum Gasteiger partial charge on any atom is -0.454 e. The van der Waals surface area contributed by atoms with Gasteiger partial charge in [-0.1, -0.05) is 49.4 Å². The zero-order valence-electron chi connectivity index (χ0n) is 19.3. The van der Waals surface area contributed by atoms with Crippen molar-refractivity contribution in [3.05, 3.63) is 89.7 Å². The van der Waals surface area contributed by atoms with E-state index in [9.17, 15) is 9.59 Å². The lowest BCUT2D eigenvalue weighted by molar-refractivity contribution is 0.0662. The summed E-state index contributed by atoms with van der Waals surface area (Å²) in [5.41, 5.74) is 2.01. The normalized spacial score (nSPS) is 12.7. The highest BCUT2D eigenvalue weighted by Crippen LogP contribution is 2.36. The minimum absolute atomic E-state index is 0.0961. The summed E-state index contributed by atoms with van der Waals surface area (Å²) in [6, 6.07) is 20.6. The SMILES string of the molecule is CCCN(C(=O)c1cccc2c1OCO2)C(CCNC(=O)c1ccccn1)Cc1ccccc1. The van der Waals surface area contributed by atoms with E-state index in [1.165, 1.54) is 0 Å². The van der Waals surface area contributed by atoms with Crippen LogP contribution in [0.25, 0.3) is 0 Å². The standard InChI is InChI=1S/C27H29N3O4/c1-2-17-30(27(32)22-11-8-13-24-25(22)34-19-33-24)21(18-20-9-4-3-5-10-20)14-16-29-26(31)23-12-6-7-15-28-23/h3-13,15,21H,2,14,16-19H2,1H3,(H,29,31). The molecule has 1 aliphatic rings. The van der Waals surface area contributed by atoms with Crippen LogP contribution in [0.5, 0.6) is 11.5 Å². The summed E-state index contributed by atoms with van der Waals surface area (Å²) in [5, 5.41) is 2.95. The maximum Gasteiger partial charge on any atom is 0.269 e. The number of aromatic nitrogens is 1. The average molecular weight is 460 g/mol. The number of benzene rings is 2. The monoisotopic (exact) mass is 459 g/mol. The van der Waals surface area contributed by atoms with Gasteiger partial charge in [0.25, 0.3) is 11.8 Å². The molecule has 0 bridgehead atoms. The average Bonchev–Trinajstić information content (AvgIpc) is 3.37. The Bertz CT molecular complexity index is 1110. The number of fused-ring (bicyclic) bond motifs is 1. The number of nitrogens with one attached hydrogen (secondary N) is 1. The molecular formula is C27H29N3O4. The Morgan fingerprint density at radius 2 is 1.85 bits per heavy atom. The lowest BCUT2D eigenvalue weighted by atomic mass is 10.00. The van der Waals surface area contributed by atoms with Gasteiger partial charge in [-0.05, 0) is 49.1 Å². The van der Waals surface area contributed by atoms with Gasteiger partial charge in [-0.2, -0.15) is 0 Å².